The van der Waals surface area contributed by atoms with E-state index in [1.165, 1.54) is 24.2 Å². The molecule has 1 atom stereocenters. The van der Waals surface area contributed by atoms with E-state index in [1.807, 2.05) is 35.0 Å². The standard InChI is InChI=1S/C18H19N3O2S2/c22-17(13-12-25-18(20-13)16-6-4-10-24-16)19-11-14(15-5-3-9-23-15)21-7-1-2-8-21/h3-6,9-10,12,14H,1-2,7-8,11H2,(H,19,22). The lowest BCUT2D eigenvalue weighted by Gasteiger charge is -2.25. The Morgan fingerprint density at radius 2 is 2.16 bits per heavy atom. The quantitative estimate of drug-likeness (QED) is 0.709. The van der Waals surface area contributed by atoms with Gasteiger partial charge >= 0.3 is 0 Å². The van der Waals surface area contributed by atoms with Gasteiger partial charge in [0.2, 0.25) is 0 Å². The second-order valence-electron chi connectivity index (χ2n) is 6.00. The Hall–Kier alpha value is -1.96. The van der Waals surface area contributed by atoms with Crippen molar-refractivity contribution in [1.82, 2.24) is 15.2 Å². The first-order valence-corrected chi connectivity index (χ1v) is 10.1. The fourth-order valence-corrected chi connectivity index (χ4v) is 4.73. The van der Waals surface area contributed by atoms with Crippen molar-refractivity contribution < 1.29 is 9.21 Å². The summed E-state index contributed by atoms with van der Waals surface area (Å²) in [5.41, 5.74) is 0.480. The fourth-order valence-electron chi connectivity index (χ4n) is 3.12. The zero-order chi connectivity index (χ0) is 17.1. The van der Waals surface area contributed by atoms with E-state index in [2.05, 4.69) is 15.2 Å². The number of amides is 1. The monoisotopic (exact) mass is 373 g/mol. The fraction of sp³-hybridized carbons (Fsp3) is 0.333. The van der Waals surface area contributed by atoms with Crippen LogP contribution in [0, 0.1) is 0 Å². The Balaban J connectivity index is 1.43. The normalized spacial score (nSPS) is 16.2. The highest BCUT2D eigenvalue weighted by Gasteiger charge is 2.26. The van der Waals surface area contributed by atoms with E-state index in [0.717, 1.165) is 28.7 Å². The summed E-state index contributed by atoms with van der Waals surface area (Å²) in [6.07, 6.45) is 4.08. The molecule has 1 amide bonds. The molecule has 0 spiro atoms. The summed E-state index contributed by atoms with van der Waals surface area (Å²) in [5, 5.41) is 7.76. The van der Waals surface area contributed by atoms with Gasteiger partial charge in [0.15, 0.2) is 0 Å². The first-order valence-electron chi connectivity index (χ1n) is 8.36. The highest BCUT2D eigenvalue weighted by molar-refractivity contribution is 7.20. The predicted octanol–water partition coefficient (Wildman–Crippen LogP) is 4.03. The molecule has 130 valence electrons. The molecule has 5 nitrogen and oxygen atoms in total. The predicted molar refractivity (Wildman–Crippen MR) is 100 cm³/mol. The number of thiophene rings is 1. The molecule has 1 N–H and O–H groups in total. The molecule has 4 heterocycles. The average Bonchev–Trinajstić information content (AvgIpc) is 3.43. The van der Waals surface area contributed by atoms with Crippen LogP contribution in [0.25, 0.3) is 9.88 Å². The molecule has 1 unspecified atom stereocenters. The lowest BCUT2D eigenvalue weighted by atomic mass is 10.2. The van der Waals surface area contributed by atoms with E-state index in [4.69, 9.17) is 4.42 Å². The second-order valence-corrected chi connectivity index (χ2v) is 7.81. The summed E-state index contributed by atoms with van der Waals surface area (Å²) in [5.74, 6) is 0.773. The minimum Gasteiger partial charge on any atom is -0.468 e. The van der Waals surface area contributed by atoms with Gasteiger partial charge in [0.05, 0.1) is 17.2 Å². The van der Waals surface area contributed by atoms with E-state index in [-0.39, 0.29) is 11.9 Å². The summed E-state index contributed by atoms with van der Waals surface area (Å²) in [6.45, 7) is 2.61. The molecule has 3 aromatic rings. The average molecular weight is 374 g/mol. The number of furan rings is 1. The smallest absolute Gasteiger partial charge is 0.270 e. The van der Waals surface area contributed by atoms with Gasteiger partial charge in [-0.1, -0.05) is 6.07 Å². The number of hydrogen-bond acceptors (Lipinski definition) is 6. The van der Waals surface area contributed by atoms with Crippen molar-refractivity contribution >= 4 is 28.6 Å². The van der Waals surface area contributed by atoms with Gasteiger partial charge in [-0.3, -0.25) is 9.69 Å². The topological polar surface area (TPSA) is 58.4 Å². The van der Waals surface area contributed by atoms with Crippen molar-refractivity contribution in [3.8, 4) is 9.88 Å². The molecule has 1 saturated heterocycles. The van der Waals surface area contributed by atoms with Crippen LogP contribution in [0.1, 0.15) is 35.1 Å². The van der Waals surface area contributed by atoms with Crippen LogP contribution in [0.3, 0.4) is 0 Å². The van der Waals surface area contributed by atoms with Crippen LogP contribution in [0.2, 0.25) is 0 Å². The minimum atomic E-state index is -0.130. The Morgan fingerprint density at radius 1 is 1.28 bits per heavy atom. The highest BCUT2D eigenvalue weighted by Crippen LogP contribution is 2.28. The van der Waals surface area contributed by atoms with E-state index >= 15 is 0 Å². The van der Waals surface area contributed by atoms with E-state index in [0.29, 0.717) is 12.2 Å². The molecule has 0 aliphatic carbocycles. The number of aromatic nitrogens is 1. The minimum absolute atomic E-state index is 0.0804. The third kappa shape index (κ3) is 3.68. The third-order valence-electron chi connectivity index (χ3n) is 4.38. The summed E-state index contributed by atoms with van der Waals surface area (Å²) in [6, 6.07) is 7.97. The van der Waals surface area contributed by atoms with Crippen molar-refractivity contribution in [2.75, 3.05) is 19.6 Å². The second kappa shape index (κ2) is 7.51. The van der Waals surface area contributed by atoms with Gasteiger partial charge in [0.1, 0.15) is 16.5 Å². The molecule has 1 aliphatic heterocycles. The molecule has 0 saturated carbocycles. The summed E-state index contributed by atoms with van der Waals surface area (Å²) < 4.78 is 5.59. The largest absolute Gasteiger partial charge is 0.468 e. The van der Waals surface area contributed by atoms with Gasteiger partial charge in [0, 0.05) is 11.9 Å². The van der Waals surface area contributed by atoms with E-state index in [9.17, 15) is 4.79 Å². The zero-order valence-electron chi connectivity index (χ0n) is 13.7. The van der Waals surface area contributed by atoms with Crippen molar-refractivity contribution in [2.45, 2.75) is 18.9 Å². The number of carbonyl (C=O) groups excluding carboxylic acids is 1. The SMILES string of the molecule is O=C(NCC(c1ccco1)N1CCCC1)c1csc(-c2cccs2)n1. The first kappa shape index (κ1) is 16.5. The molecule has 25 heavy (non-hydrogen) atoms. The third-order valence-corrected chi connectivity index (χ3v) is 6.26. The van der Waals surface area contributed by atoms with Crippen LogP contribution in [0.5, 0.6) is 0 Å². The van der Waals surface area contributed by atoms with Gasteiger partial charge in [-0.25, -0.2) is 4.98 Å². The molecule has 3 aromatic heterocycles. The van der Waals surface area contributed by atoms with Gasteiger partial charge in [-0.2, -0.15) is 0 Å². The van der Waals surface area contributed by atoms with Gasteiger partial charge in [-0.15, -0.1) is 22.7 Å². The van der Waals surface area contributed by atoms with Crippen LogP contribution >= 0.6 is 22.7 Å². The maximum absolute atomic E-state index is 12.5. The number of nitrogens with zero attached hydrogens (tertiary/aromatic N) is 2. The van der Waals surface area contributed by atoms with Gasteiger partial charge < -0.3 is 9.73 Å². The molecule has 0 bridgehead atoms. The van der Waals surface area contributed by atoms with Crippen molar-refractivity contribution in [3.05, 3.63) is 52.7 Å². The summed E-state index contributed by atoms with van der Waals surface area (Å²) >= 11 is 3.13. The lowest BCUT2D eigenvalue weighted by Crippen LogP contribution is -2.36. The number of likely N-dealkylation sites (tertiary alicyclic amines) is 1. The maximum atomic E-state index is 12.5. The number of hydrogen-bond donors (Lipinski definition) is 1. The summed E-state index contributed by atoms with van der Waals surface area (Å²) in [4.78, 5) is 20.4. The molecule has 7 heteroatoms. The Morgan fingerprint density at radius 3 is 2.88 bits per heavy atom. The molecule has 4 rings (SSSR count). The van der Waals surface area contributed by atoms with Gasteiger partial charge in [0.25, 0.3) is 5.91 Å². The number of carbonyl (C=O) groups is 1. The zero-order valence-corrected chi connectivity index (χ0v) is 15.3. The Kier molecular flexibility index (Phi) is 4.96. The van der Waals surface area contributed by atoms with Crippen molar-refractivity contribution in [2.24, 2.45) is 0 Å². The van der Waals surface area contributed by atoms with E-state index < -0.39 is 0 Å². The van der Waals surface area contributed by atoms with Crippen LogP contribution in [0.4, 0.5) is 0 Å². The van der Waals surface area contributed by atoms with Crippen molar-refractivity contribution in [1.29, 1.82) is 0 Å². The Labute approximate surface area is 154 Å². The molecule has 0 aromatic carbocycles. The number of rotatable bonds is 6. The van der Waals surface area contributed by atoms with Crippen LogP contribution < -0.4 is 5.32 Å². The summed E-state index contributed by atoms with van der Waals surface area (Å²) in [7, 11) is 0. The van der Waals surface area contributed by atoms with E-state index in [1.54, 1.807) is 17.6 Å². The van der Waals surface area contributed by atoms with Gasteiger partial charge in [-0.05, 0) is 49.5 Å². The Bertz CT molecular complexity index is 805. The maximum Gasteiger partial charge on any atom is 0.270 e. The van der Waals surface area contributed by atoms with Crippen LogP contribution in [-0.4, -0.2) is 35.4 Å². The first-order chi connectivity index (χ1) is 12.3. The van der Waals surface area contributed by atoms with Crippen LogP contribution in [0.15, 0.2) is 45.7 Å². The number of thiazole rings is 1. The highest BCUT2D eigenvalue weighted by atomic mass is 32.1. The van der Waals surface area contributed by atoms with Crippen LogP contribution in [-0.2, 0) is 0 Å². The number of nitrogens with one attached hydrogen (secondary N) is 1. The molecule has 1 aliphatic rings. The van der Waals surface area contributed by atoms with Crippen molar-refractivity contribution in [3.63, 3.8) is 0 Å². The lowest BCUT2D eigenvalue weighted by molar-refractivity contribution is 0.0929. The molecule has 0 radical (unpaired) electrons. The molecular formula is C18H19N3O2S2. The molecular weight excluding hydrogens is 354 g/mol. The molecule has 1 fully saturated rings.